The molecule has 0 radical (unpaired) electrons. The van der Waals surface area contributed by atoms with Gasteiger partial charge in [0.05, 0.1) is 0 Å². The van der Waals surface area contributed by atoms with Crippen molar-refractivity contribution in [2.45, 2.75) is 0 Å². The van der Waals surface area contributed by atoms with Crippen LogP contribution >= 0.6 is 31.8 Å². The first-order valence-electron chi connectivity index (χ1n) is 3.14. The van der Waals surface area contributed by atoms with E-state index >= 15 is 0 Å². The van der Waals surface area contributed by atoms with Gasteiger partial charge in [0.15, 0.2) is 0 Å². The molecule has 0 bridgehead atoms. The molecule has 0 rings (SSSR count). The zero-order chi connectivity index (χ0) is 14.3. The van der Waals surface area contributed by atoms with Crippen LogP contribution in [0, 0.1) is 0 Å². The average Bonchev–Trinajstić information content (AvgIpc) is 1.99. The fourth-order valence-electron chi connectivity index (χ4n) is 0.374. The molecule has 0 aromatic carbocycles. The van der Waals surface area contributed by atoms with Gasteiger partial charge in [0.2, 0.25) is 0 Å². The van der Waals surface area contributed by atoms with Crippen LogP contribution in [0.4, 0.5) is 9.59 Å². The van der Waals surface area contributed by atoms with E-state index < -0.39 is 28.0 Å². The van der Waals surface area contributed by atoms with Gasteiger partial charge < -0.3 is 29.0 Å². The second-order valence-corrected chi connectivity index (χ2v) is 4.63. The zero-order valence-electron chi connectivity index (χ0n) is 8.33. The molecule has 11 nitrogen and oxygen atoms in total. The number of halogens is 2. The van der Waals surface area contributed by atoms with Crippen LogP contribution < -0.4 is 0 Å². The van der Waals surface area contributed by atoms with Crippen LogP contribution in [0.2, 0.25) is 0 Å². The summed E-state index contributed by atoms with van der Waals surface area (Å²) < 4.78 is 35.7. The molecule has 0 atom stereocenters. The van der Waals surface area contributed by atoms with E-state index in [-0.39, 0.29) is 131 Å². The molecule has 0 aliphatic heterocycles. The number of rotatable bonds is 4. The van der Waals surface area contributed by atoms with Crippen molar-refractivity contribution in [3.05, 3.63) is 0 Å². The standard InChI is InChI=1S/C2H4O11P2.2ClH.K.4Na.4H/c3-1(4)11-15(10,12-2(5)6)13-14(7,8)9;;;;;;;;;;;/h(H,3,4)(H,5,6)(H2,7,8,9);2*1H;;;;;;;;;/q;;;+1;;;;;;;;/p-1. The molecule has 20 heteroatoms. The summed E-state index contributed by atoms with van der Waals surface area (Å²) in [6.07, 6.45) is -4.60. The van der Waals surface area contributed by atoms with Crippen LogP contribution in [0.25, 0.3) is 0 Å². The molecular weight excluding hydrogens is 464 g/mol. The first-order valence-corrected chi connectivity index (χ1v) is 10.4. The third-order valence-corrected chi connectivity index (χ3v) is 3.00. The third-order valence-electron chi connectivity index (χ3n) is 0.586. The van der Waals surface area contributed by atoms with E-state index in [4.69, 9.17) is 23.8 Å². The number of hydrogen-bond acceptors (Lipinski definition) is 7. The molecule has 22 heavy (non-hydrogen) atoms. The first kappa shape index (κ1) is 45.7. The van der Waals surface area contributed by atoms with E-state index in [9.17, 15) is 18.7 Å². The molecule has 0 heterocycles. The number of carbonyl (C=O) groups is 2. The van der Waals surface area contributed by atoms with E-state index in [1.54, 1.807) is 0 Å². The van der Waals surface area contributed by atoms with Crippen molar-refractivity contribution in [1.82, 2.24) is 0 Å². The summed E-state index contributed by atoms with van der Waals surface area (Å²) in [6, 6.07) is 0. The molecule has 0 unspecified atom stereocenters. The normalized spacial score (nSPS) is 8.41. The van der Waals surface area contributed by atoms with Gasteiger partial charge >= 0.3 is 197 Å². The molecule has 0 aromatic rings. The van der Waals surface area contributed by atoms with E-state index in [0.717, 1.165) is 0 Å². The van der Waals surface area contributed by atoms with E-state index in [1.165, 1.54) is 0 Å². The van der Waals surface area contributed by atoms with Crippen LogP contribution in [0.5, 0.6) is 0 Å². The maximum atomic E-state index is 10.9. The summed E-state index contributed by atoms with van der Waals surface area (Å²) >= 11 is 0.535. The number of phosphoric acid groups is 2. The second-order valence-electron chi connectivity index (χ2n) is 1.73. The maximum absolute atomic E-state index is 10.9. The predicted molar refractivity (Wildman–Crippen MR) is 86.4 cm³/mol. The fraction of sp³-hybridized carbons (Fsp3) is 0. The van der Waals surface area contributed by atoms with Gasteiger partial charge in [-0.05, 0) is 0 Å². The molecule has 0 fully saturated rings. The van der Waals surface area contributed by atoms with Crippen molar-refractivity contribution < 1.29 is 52.1 Å². The Hall–Kier alpha value is 5.10. The topological polar surface area (TPSA) is 177 Å². The molecule has 0 aliphatic carbocycles. The number of hydrogen-bond donors (Lipinski definition) is 4. The summed E-state index contributed by atoms with van der Waals surface area (Å²) in [6.45, 7) is 0. The summed E-state index contributed by atoms with van der Waals surface area (Å²) in [5.74, 6) is 0. The zero-order valence-corrected chi connectivity index (χ0v) is 14.8. The van der Waals surface area contributed by atoms with Gasteiger partial charge in [0.25, 0.3) is 0 Å². The van der Waals surface area contributed by atoms with Crippen molar-refractivity contribution in [2.24, 2.45) is 0 Å². The quantitative estimate of drug-likeness (QED) is 0.283. The molecular formula is C2H9Cl2KNa4O11P2. The summed E-state index contributed by atoms with van der Waals surface area (Å²) in [4.78, 5) is 36.1. The van der Waals surface area contributed by atoms with Crippen LogP contribution in [0.15, 0.2) is 0 Å². The molecule has 0 aliphatic rings. The van der Waals surface area contributed by atoms with Crippen molar-refractivity contribution in [3.63, 3.8) is 0 Å². The average molecular weight is 473 g/mol. The van der Waals surface area contributed by atoms with Gasteiger partial charge in [-0.3, -0.25) is 0 Å². The van der Waals surface area contributed by atoms with Gasteiger partial charge in [-0.1, -0.05) is 0 Å². The Balaban J connectivity index is -0.0000000615. The van der Waals surface area contributed by atoms with Gasteiger partial charge in [0, 0.05) is 0 Å². The first-order chi connectivity index (χ1) is 7.54. The Morgan fingerprint density at radius 2 is 1.09 bits per heavy atom. The molecule has 0 saturated carbocycles. The Bertz CT molecular complexity index is 359. The van der Waals surface area contributed by atoms with Crippen molar-refractivity contribution in [2.75, 3.05) is 0 Å². The van der Waals surface area contributed by atoms with Crippen LogP contribution in [-0.4, -0.2) is 198 Å². The molecule has 112 valence electrons. The molecule has 0 spiro atoms. The van der Waals surface area contributed by atoms with Gasteiger partial charge in [-0.2, -0.15) is 4.31 Å². The van der Waals surface area contributed by atoms with Crippen LogP contribution in [0.1, 0.15) is 0 Å². The Kier molecular flexibility index (Phi) is 50.1. The van der Waals surface area contributed by atoms with E-state index in [0.29, 0.717) is 47.1 Å². The van der Waals surface area contributed by atoms with Gasteiger partial charge in [0.1, 0.15) is 0 Å². The van der Waals surface area contributed by atoms with Gasteiger partial charge in [-0.25, -0.2) is 18.7 Å². The molecule has 0 aromatic heterocycles. The summed E-state index contributed by atoms with van der Waals surface area (Å²) in [7, 11) is -10.9. The fourth-order valence-corrected chi connectivity index (χ4v) is 2.10. The van der Waals surface area contributed by atoms with Crippen LogP contribution in [0.3, 0.4) is 0 Å². The summed E-state index contributed by atoms with van der Waals surface area (Å²) in [5.41, 5.74) is 0. The second kappa shape index (κ2) is 24.1. The Morgan fingerprint density at radius 3 is 1.23 bits per heavy atom. The minimum absolute atomic E-state index is 0. The minimum atomic E-state index is -5.44. The molecule has 4 N–H and O–H groups in total. The van der Waals surface area contributed by atoms with E-state index in [1.807, 2.05) is 0 Å². The number of phosphoric ester groups is 1. The predicted octanol–water partition coefficient (Wildman–Crippen LogP) is -1.27. The van der Waals surface area contributed by atoms with Gasteiger partial charge in [-0.15, -0.1) is 12.4 Å². The monoisotopic (exact) mass is 472 g/mol. The Labute approximate surface area is 255 Å². The van der Waals surface area contributed by atoms with E-state index in [2.05, 4.69) is 13.4 Å². The Morgan fingerprint density at radius 1 is 0.864 bits per heavy atom. The SMILES string of the molecule is Cl.O=C(O)OP(=O)(OC(=O)O)OP(=O)(O)O.[Cl][K].[NaH].[NaH].[NaH].[NaH]. The molecule has 0 saturated heterocycles. The van der Waals surface area contributed by atoms with Crippen LogP contribution in [-0.2, 0) is 22.5 Å². The molecule has 0 amide bonds. The third kappa shape index (κ3) is 32.7. The number of carboxylic acid groups (broad SMARTS) is 2. The van der Waals surface area contributed by atoms with Crippen molar-refractivity contribution >= 4 is 209 Å². The summed E-state index contributed by atoms with van der Waals surface area (Å²) in [5, 5.41) is 15.9. The van der Waals surface area contributed by atoms with Crippen molar-refractivity contribution in [1.29, 1.82) is 0 Å². The van der Waals surface area contributed by atoms with Crippen molar-refractivity contribution in [3.8, 4) is 0 Å².